The molecule has 0 bridgehead atoms. The van der Waals surface area contributed by atoms with Crippen molar-refractivity contribution in [1.82, 2.24) is 5.32 Å². The number of ether oxygens (including phenoxy) is 1. The largest absolute Gasteiger partial charge is 0.484 e. The van der Waals surface area contributed by atoms with E-state index < -0.39 is 24.7 Å². The summed E-state index contributed by atoms with van der Waals surface area (Å²) >= 11 is 3.21. The predicted molar refractivity (Wildman–Crippen MR) is 63.3 cm³/mol. The first-order valence-electron chi connectivity index (χ1n) is 5.03. The van der Waals surface area contributed by atoms with Crippen LogP contribution >= 0.6 is 15.9 Å². The molecule has 1 aromatic rings. The number of hydrogen-bond acceptors (Lipinski definition) is 2. The van der Waals surface area contributed by atoms with Gasteiger partial charge in [-0.2, -0.15) is 13.2 Å². The molecule has 0 fully saturated rings. The van der Waals surface area contributed by atoms with Crippen LogP contribution < -0.4 is 10.1 Å². The van der Waals surface area contributed by atoms with Crippen molar-refractivity contribution in [3.8, 4) is 5.75 Å². The first kappa shape index (κ1) is 14.8. The summed E-state index contributed by atoms with van der Waals surface area (Å²) in [6.07, 6.45) is -4.45. The summed E-state index contributed by atoms with van der Waals surface area (Å²) in [7, 11) is 0. The van der Waals surface area contributed by atoms with Crippen LogP contribution in [0.25, 0.3) is 0 Å². The minimum absolute atomic E-state index is 0.402. The highest BCUT2D eigenvalue weighted by atomic mass is 79.9. The van der Waals surface area contributed by atoms with Crippen LogP contribution in [-0.2, 0) is 4.79 Å². The van der Waals surface area contributed by atoms with Gasteiger partial charge in [-0.25, -0.2) is 0 Å². The van der Waals surface area contributed by atoms with Gasteiger partial charge in [-0.3, -0.25) is 4.79 Å². The van der Waals surface area contributed by atoms with Crippen LogP contribution in [0.5, 0.6) is 5.75 Å². The highest BCUT2D eigenvalue weighted by molar-refractivity contribution is 9.10. The third-order valence-corrected chi connectivity index (χ3v) is 2.53. The van der Waals surface area contributed by atoms with Crippen molar-refractivity contribution in [2.75, 3.05) is 6.61 Å². The molecule has 0 aliphatic rings. The van der Waals surface area contributed by atoms with E-state index in [2.05, 4.69) is 15.9 Å². The second kappa shape index (κ2) is 6.08. The zero-order valence-electron chi connectivity index (χ0n) is 9.42. The lowest BCUT2D eigenvalue weighted by molar-refractivity contribution is -0.158. The number of rotatable bonds is 4. The predicted octanol–water partition coefficient (Wildman–Crippen LogP) is 2.89. The maximum absolute atomic E-state index is 12.2. The molecule has 0 saturated heterocycles. The molecular weight excluding hydrogens is 315 g/mol. The van der Waals surface area contributed by atoms with E-state index in [0.29, 0.717) is 5.75 Å². The topological polar surface area (TPSA) is 38.3 Å². The number of halogens is 4. The molecule has 0 aliphatic heterocycles. The summed E-state index contributed by atoms with van der Waals surface area (Å²) in [5.74, 6) is -0.418. The lowest BCUT2D eigenvalue weighted by atomic mass is 10.3. The van der Waals surface area contributed by atoms with Gasteiger partial charge in [0.05, 0.1) is 0 Å². The van der Waals surface area contributed by atoms with Crippen molar-refractivity contribution in [3.63, 3.8) is 0 Å². The second-order valence-electron chi connectivity index (χ2n) is 3.58. The van der Waals surface area contributed by atoms with Crippen molar-refractivity contribution in [1.29, 1.82) is 0 Å². The van der Waals surface area contributed by atoms with Gasteiger partial charge in [-0.05, 0) is 25.1 Å². The maximum Gasteiger partial charge on any atom is 0.408 e. The van der Waals surface area contributed by atoms with Gasteiger partial charge >= 0.3 is 6.18 Å². The zero-order chi connectivity index (χ0) is 13.8. The normalized spacial score (nSPS) is 12.9. The molecule has 0 saturated carbocycles. The maximum atomic E-state index is 12.2. The minimum atomic E-state index is -4.45. The van der Waals surface area contributed by atoms with Gasteiger partial charge < -0.3 is 10.1 Å². The fourth-order valence-electron chi connectivity index (χ4n) is 1.07. The molecule has 1 atom stereocenters. The Hall–Kier alpha value is -1.24. The molecule has 0 radical (unpaired) electrons. The molecule has 0 aliphatic carbocycles. The number of amides is 1. The minimum Gasteiger partial charge on any atom is -0.484 e. The van der Waals surface area contributed by atoms with Gasteiger partial charge in [-0.1, -0.05) is 22.0 Å². The Morgan fingerprint density at radius 3 is 2.72 bits per heavy atom. The highest BCUT2D eigenvalue weighted by Crippen LogP contribution is 2.20. The monoisotopic (exact) mass is 325 g/mol. The molecule has 1 unspecified atom stereocenters. The van der Waals surface area contributed by atoms with E-state index in [9.17, 15) is 18.0 Å². The molecule has 7 heteroatoms. The van der Waals surface area contributed by atoms with Crippen molar-refractivity contribution in [2.45, 2.75) is 19.1 Å². The van der Waals surface area contributed by atoms with Crippen LogP contribution in [0, 0.1) is 0 Å². The van der Waals surface area contributed by atoms with Crippen LogP contribution in [0.3, 0.4) is 0 Å². The molecule has 1 amide bonds. The van der Waals surface area contributed by atoms with Crippen LogP contribution in [0.4, 0.5) is 13.2 Å². The molecule has 0 spiro atoms. The molecule has 100 valence electrons. The average Bonchev–Trinajstić information content (AvgIpc) is 2.25. The molecular formula is C11H11BrF3NO2. The molecule has 1 aromatic carbocycles. The second-order valence-corrected chi connectivity index (χ2v) is 4.49. The van der Waals surface area contributed by atoms with E-state index in [0.717, 1.165) is 11.4 Å². The van der Waals surface area contributed by atoms with Crippen LogP contribution in [0.2, 0.25) is 0 Å². The Balaban J connectivity index is 2.42. The first-order valence-corrected chi connectivity index (χ1v) is 5.83. The Morgan fingerprint density at radius 2 is 2.17 bits per heavy atom. The first-order chi connectivity index (χ1) is 8.29. The van der Waals surface area contributed by atoms with E-state index in [1.165, 1.54) is 0 Å². The Morgan fingerprint density at radius 1 is 1.50 bits per heavy atom. The van der Waals surface area contributed by atoms with Crippen LogP contribution in [0.15, 0.2) is 28.7 Å². The summed E-state index contributed by atoms with van der Waals surface area (Å²) < 4.78 is 42.3. The Kier molecular flexibility index (Phi) is 5.01. The van der Waals surface area contributed by atoms with E-state index in [4.69, 9.17) is 4.74 Å². The third kappa shape index (κ3) is 4.95. The smallest absolute Gasteiger partial charge is 0.408 e. The third-order valence-electron chi connectivity index (χ3n) is 2.03. The van der Waals surface area contributed by atoms with E-state index >= 15 is 0 Å². The summed E-state index contributed by atoms with van der Waals surface area (Å²) in [5, 5.41) is 1.80. The van der Waals surface area contributed by atoms with Gasteiger partial charge in [0.15, 0.2) is 6.61 Å². The molecule has 1 N–H and O–H groups in total. The summed E-state index contributed by atoms with van der Waals surface area (Å²) in [5.41, 5.74) is 0. The fraction of sp³-hybridized carbons (Fsp3) is 0.364. The van der Waals surface area contributed by atoms with Crippen LogP contribution in [-0.4, -0.2) is 24.7 Å². The van der Waals surface area contributed by atoms with Gasteiger partial charge in [0, 0.05) is 4.47 Å². The summed E-state index contributed by atoms with van der Waals surface area (Å²) in [6, 6.07) is 4.77. The lowest BCUT2D eigenvalue weighted by Crippen LogP contribution is -2.44. The average molecular weight is 326 g/mol. The molecule has 0 aromatic heterocycles. The highest BCUT2D eigenvalue weighted by Gasteiger charge is 2.36. The lowest BCUT2D eigenvalue weighted by Gasteiger charge is -2.17. The van der Waals surface area contributed by atoms with Crippen LogP contribution in [0.1, 0.15) is 6.92 Å². The van der Waals surface area contributed by atoms with E-state index in [-0.39, 0.29) is 0 Å². The standard InChI is InChI=1S/C11H11BrF3NO2/c1-7(11(13,14)15)16-10(17)6-18-9-4-2-3-8(12)5-9/h2-5,7H,6H2,1H3,(H,16,17). The molecule has 1 rings (SSSR count). The Labute approximate surface area is 110 Å². The van der Waals surface area contributed by atoms with E-state index in [1.54, 1.807) is 29.6 Å². The van der Waals surface area contributed by atoms with Gasteiger partial charge in [0.1, 0.15) is 11.8 Å². The quantitative estimate of drug-likeness (QED) is 0.924. The number of hydrogen-bond donors (Lipinski definition) is 1. The Bertz CT molecular complexity index is 423. The van der Waals surface area contributed by atoms with Gasteiger partial charge in [0.25, 0.3) is 5.91 Å². The van der Waals surface area contributed by atoms with E-state index in [1.807, 2.05) is 0 Å². The van der Waals surface area contributed by atoms with Crippen molar-refractivity contribution < 1.29 is 22.7 Å². The number of carbonyl (C=O) groups excluding carboxylic acids is 1. The van der Waals surface area contributed by atoms with Crippen molar-refractivity contribution >= 4 is 21.8 Å². The number of nitrogens with one attached hydrogen (secondary N) is 1. The fourth-order valence-corrected chi connectivity index (χ4v) is 1.45. The summed E-state index contributed by atoms with van der Waals surface area (Å²) in [6.45, 7) is 0.411. The number of carbonyl (C=O) groups is 1. The van der Waals surface area contributed by atoms with Crippen molar-refractivity contribution in [3.05, 3.63) is 28.7 Å². The molecule has 3 nitrogen and oxygen atoms in total. The number of alkyl halides is 3. The zero-order valence-corrected chi connectivity index (χ0v) is 11.0. The number of benzene rings is 1. The van der Waals surface area contributed by atoms with Gasteiger partial charge in [0.2, 0.25) is 0 Å². The summed E-state index contributed by atoms with van der Waals surface area (Å²) in [4.78, 5) is 11.2. The molecule has 18 heavy (non-hydrogen) atoms. The van der Waals surface area contributed by atoms with Crippen molar-refractivity contribution in [2.24, 2.45) is 0 Å². The molecule has 0 heterocycles. The van der Waals surface area contributed by atoms with Gasteiger partial charge in [-0.15, -0.1) is 0 Å². The SMILES string of the molecule is CC(NC(=O)COc1cccc(Br)c1)C(F)(F)F.